The molecule has 1 aromatic heterocycles. The Labute approximate surface area is 134 Å². The first kappa shape index (κ1) is 15.6. The number of carbonyl (C=O) groups excluding carboxylic acids is 1. The Morgan fingerprint density at radius 1 is 1.26 bits per heavy atom. The largest absolute Gasteiger partial charge is 0.493 e. The number of carbonyl (C=O) groups is 1. The molecule has 0 bridgehead atoms. The SMILES string of the molecule is COc1cccc2cc(C(=O)N3[C@H](C)CCC[C@@H]3C)c(=O)oc12. The number of amides is 1. The molecule has 1 aliphatic heterocycles. The van der Waals surface area contributed by atoms with Crippen LogP contribution in [-0.4, -0.2) is 30.0 Å². The van der Waals surface area contributed by atoms with E-state index in [9.17, 15) is 9.59 Å². The molecule has 0 unspecified atom stereocenters. The number of fused-ring (bicyclic) bond motifs is 1. The zero-order valence-electron chi connectivity index (χ0n) is 13.7. The Hall–Kier alpha value is -2.30. The van der Waals surface area contributed by atoms with Crippen LogP contribution in [-0.2, 0) is 0 Å². The van der Waals surface area contributed by atoms with E-state index in [0.717, 1.165) is 19.3 Å². The van der Waals surface area contributed by atoms with Crippen molar-refractivity contribution in [2.45, 2.75) is 45.2 Å². The van der Waals surface area contributed by atoms with Gasteiger partial charge in [-0.25, -0.2) is 4.79 Å². The van der Waals surface area contributed by atoms with Gasteiger partial charge in [0.15, 0.2) is 11.3 Å². The summed E-state index contributed by atoms with van der Waals surface area (Å²) in [5.74, 6) is 0.237. The Bertz CT molecular complexity index is 785. The normalized spacial score (nSPS) is 21.4. The summed E-state index contributed by atoms with van der Waals surface area (Å²) in [6.45, 7) is 4.05. The maximum absolute atomic E-state index is 12.9. The number of ether oxygens (including phenoxy) is 1. The van der Waals surface area contributed by atoms with E-state index in [1.165, 1.54) is 7.11 Å². The zero-order valence-corrected chi connectivity index (χ0v) is 13.7. The van der Waals surface area contributed by atoms with E-state index < -0.39 is 5.63 Å². The summed E-state index contributed by atoms with van der Waals surface area (Å²) in [6, 6.07) is 7.21. The number of hydrogen-bond acceptors (Lipinski definition) is 4. The summed E-state index contributed by atoms with van der Waals surface area (Å²) in [5, 5.41) is 0.685. The fourth-order valence-electron chi connectivity index (χ4n) is 3.39. The first-order chi connectivity index (χ1) is 11.0. The van der Waals surface area contributed by atoms with Gasteiger partial charge in [-0.3, -0.25) is 4.79 Å². The predicted molar refractivity (Wildman–Crippen MR) is 88.0 cm³/mol. The van der Waals surface area contributed by atoms with Crippen LogP contribution >= 0.6 is 0 Å². The van der Waals surface area contributed by atoms with Crippen LogP contribution in [0, 0.1) is 0 Å². The van der Waals surface area contributed by atoms with Crippen LogP contribution in [0.15, 0.2) is 33.5 Å². The molecule has 1 aromatic carbocycles. The second-order valence-electron chi connectivity index (χ2n) is 6.17. The highest BCUT2D eigenvalue weighted by Gasteiger charge is 2.31. The van der Waals surface area contributed by atoms with E-state index in [4.69, 9.17) is 9.15 Å². The van der Waals surface area contributed by atoms with Crippen molar-refractivity contribution in [3.63, 3.8) is 0 Å². The van der Waals surface area contributed by atoms with Crippen LogP contribution in [0.5, 0.6) is 5.75 Å². The lowest BCUT2D eigenvalue weighted by molar-refractivity contribution is 0.0506. The number of likely N-dealkylation sites (tertiary alicyclic amines) is 1. The van der Waals surface area contributed by atoms with Crippen LogP contribution in [0.2, 0.25) is 0 Å². The summed E-state index contributed by atoms with van der Waals surface area (Å²) in [7, 11) is 1.52. The van der Waals surface area contributed by atoms with Gasteiger partial charge in [-0.15, -0.1) is 0 Å². The topological polar surface area (TPSA) is 59.8 Å². The van der Waals surface area contributed by atoms with Crippen LogP contribution in [0.1, 0.15) is 43.5 Å². The average Bonchev–Trinajstić information content (AvgIpc) is 2.53. The van der Waals surface area contributed by atoms with Crippen molar-refractivity contribution in [3.05, 3.63) is 40.2 Å². The second-order valence-corrected chi connectivity index (χ2v) is 6.17. The van der Waals surface area contributed by atoms with E-state index in [-0.39, 0.29) is 23.6 Å². The van der Waals surface area contributed by atoms with Gasteiger partial charge in [-0.05, 0) is 45.2 Å². The van der Waals surface area contributed by atoms with Crippen molar-refractivity contribution in [3.8, 4) is 5.75 Å². The maximum atomic E-state index is 12.9. The molecule has 0 spiro atoms. The van der Waals surface area contributed by atoms with Crippen LogP contribution in [0.3, 0.4) is 0 Å². The third-order valence-corrected chi connectivity index (χ3v) is 4.60. The molecule has 0 saturated carbocycles. The molecular formula is C18H21NO4. The molecule has 5 nitrogen and oxygen atoms in total. The number of benzene rings is 1. The first-order valence-electron chi connectivity index (χ1n) is 7.96. The van der Waals surface area contributed by atoms with Gasteiger partial charge in [-0.2, -0.15) is 0 Å². The van der Waals surface area contributed by atoms with Gasteiger partial charge in [0.25, 0.3) is 5.91 Å². The summed E-state index contributed by atoms with van der Waals surface area (Å²) in [5.41, 5.74) is -0.153. The molecule has 1 fully saturated rings. The third-order valence-electron chi connectivity index (χ3n) is 4.60. The molecule has 2 heterocycles. The minimum Gasteiger partial charge on any atom is -0.493 e. The van der Waals surface area contributed by atoms with E-state index >= 15 is 0 Å². The minimum atomic E-state index is -0.614. The van der Waals surface area contributed by atoms with Crippen LogP contribution in [0.25, 0.3) is 11.0 Å². The molecule has 122 valence electrons. The highest BCUT2D eigenvalue weighted by atomic mass is 16.5. The van der Waals surface area contributed by atoms with Gasteiger partial charge in [0.1, 0.15) is 5.56 Å². The van der Waals surface area contributed by atoms with Gasteiger partial charge in [0.2, 0.25) is 0 Å². The van der Waals surface area contributed by atoms with E-state index in [1.54, 1.807) is 18.2 Å². The predicted octanol–water partition coefficient (Wildman–Crippen LogP) is 3.20. The second kappa shape index (κ2) is 6.07. The lowest BCUT2D eigenvalue weighted by Gasteiger charge is -2.38. The Morgan fingerprint density at radius 3 is 2.61 bits per heavy atom. The molecule has 1 aliphatic rings. The number of piperidine rings is 1. The summed E-state index contributed by atoms with van der Waals surface area (Å²) in [6.07, 6.45) is 3.03. The molecule has 1 saturated heterocycles. The van der Waals surface area contributed by atoms with E-state index in [0.29, 0.717) is 16.7 Å². The van der Waals surface area contributed by atoms with Crippen molar-refractivity contribution in [2.75, 3.05) is 7.11 Å². The quantitative estimate of drug-likeness (QED) is 0.799. The number of methoxy groups -OCH3 is 1. The number of para-hydroxylation sites is 1. The molecular weight excluding hydrogens is 294 g/mol. The smallest absolute Gasteiger partial charge is 0.349 e. The van der Waals surface area contributed by atoms with Crippen molar-refractivity contribution in [2.24, 2.45) is 0 Å². The molecule has 2 aromatic rings. The number of rotatable bonds is 2. The molecule has 0 N–H and O–H groups in total. The first-order valence-corrected chi connectivity index (χ1v) is 7.96. The molecule has 3 rings (SSSR count). The minimum absolute atomic E-state index is 0.0892. The lowest BCUT2D eigenvalue weighted by Crippen LogP contribution is -2.48. The molecule has 23 heavy (non-hydrogen) atoms. The molecule has 2 atom stereocenters. The van der Waals surface area contributed by atoms with Gasteiger partial charge < -0.3 is 14.1 Å². The highest BCUT2D eigenvalue weighted by molar-refractivity contribution is 5.97. The van der Waals surface area contributed by atoms with E-state index in [1.807, 2.05) is 24.8 Å². The van der Waals surface area contributed by atoms with Crippen molar-refractivity contribution < 1.29 is 13.9 Å². The average molecular weight is 315 g/mol. The fourth-order valence-corrected chi connectivity index (χ4v) is 3.39. The van der Waals surface area contributed by atoms with Crippen molar-refractivity contribution in [1.29, 1.82) is 0 Å². The van der Waals surface area contributed by atoms with Gasteiger partial charge in [-0.1, -0.05) is 12.1 Å². The van der Waals surface area contributed by atoms with Crippen LogP contribution < -0.4 is 10.4 Å². The standard InChI is InChI=1S/C18H21NO4/c1-11-6-4-7-12(2)19(11)17(20)14-10-13-8-5-9-15(22-3)16(13)23-18(14)21/h5,8-12H,4,6-7H2,1-3H3/t11-,12+. The van der Waals surface area contributed by atoms with E-state index in [2.05, 4.69) is 0 Å². The monoisotopic (exact) mass is 315 g/mol. The molecule has 5 heteroatoms. The van der Waals surface area contributed by atoms with Crippen molar-refractivity contribution in [1.82, 2.24) is 4.90 Å². The Balaban J connectivity index is 2.07. The summed E-state index contributed by atoms with van der Waals surface area (Å²) >= 11 is 0. The lowest BCUT2D eigenvalue weighted by atomic mass is 9.96. The summed E-state index contributed by atoms with van der Waals surface area (Å²) in [4.78, 5) is 27.0. The number of hydrogen-bond donors (Lipinski definition) is 0. The zero-order chi connectivity index (χ0) is 16.6. The van der Waals surface area contributed by atoms with Gasteiger partial charge in [0.05, 0.1) is 7.11 Å². The Morgan fingerprint density at radius 2 is 1.96 bits per heavy atom. The summed E-state index contributed by atoms with van der Waals surface area (Å²) < 4.78 is 10.6. The Kier molecular flexibility index (Phi) is 4.11. The fraction of sp³-hybridized carbons (Fsp3) is 0.444. The maximum Gasteiger partial charge on any atom is 0.349 e. The third kappa shape index (κ3) is 2.71. The number of nitrogens with zero attached hydrogens (tertiary/aromatic N) is 1. The molecule has 0 aliphatic carbocycles. The van der Waals surface area contributed by atoms with Crippen LogP contribution in [0.4, 0.5) is 0 Å². The molecule has 0 radical (unpaired) electrons. The molecule has 1 amide bonds. The highest BCUT2D eigenvalue weighted by Crippen LogP contribution is 2.27. The van der Waals surface area contributed by atoms with Gasteiger partial charge >= 0.3 is 5.63 Å². The van der Waals surface area contributed by atoms with Crippen molar-refractivity contribution >= 4 is 16.9 Å². The van der Waals surface area contributed by atoms with Gasteiger partial charge in [0, 0.05) is 17.5 Å².